The molecule has 5 nitrogen and oxygen atoms in total. The second kappa shape index (κ2) is 7.41. The lowest BCUT2D eigenvalue weighted by Gasteiger charge is -2.19. The third kappa shape index (κ3) is 4.54. The molecule has 2 atom stereocenters. The Hall–Kier alpha value is -2.24. The van der Waals surface area contributed by atoms with E-state index in [4.69, 9.17) is 14.2 Å². The topological polar surface area (TPSA) is 40.8 Å². The van der Waals surface area contributed by atoms with Crippen LogP contribution in [0.5, 0.6) is 11.5 Å². The van der Waals surface area contributed by atoms with E-state index in [2.05, 4.69) is 74.4 Å². The molecule has 2 unspecified atom stereocenters. The average molecular weight is 368 g/mol. The summed E-state index contributed by atoms with van der Waals surface area (Å²) in [6, 6.07) is 12.8. The van der Waals surface area contributed by atoms with E-state index in [-0.39, 0.29) is 0 Å². The van der Waals surface area contributed by atoms with Crippen LogP contribution in [0, 0.1) is 0 Å². The molecule has 0 N–H and O–H groups in total. The maximum atomic E-state index is 6.42. The number of hydrogen-bond acceptors (Lipinski definition) is 5. The van der Waals surface area contributed by atoms with Gasteiger partial charge in [-0.25, -0.2) is 0 Å². The minimum atomic E-state index is 0.320. The number of benzene rings is 2. The normalized spacial score (nSPS) is 20.3. The van der Waals surface area contributed by atoms with Crippen molar-refractivity contribution >= 4 is 11.4 Å². The van der Waals surface area contributed by atoms with Gasteiger partial charge in [-0.1, -0.05) is 0 Å². The molecule has 2 saturated heterocycles. The third-order valence-electron chi connectivity index (χ3n) is 5.04. The lowest BCUT2D eigenvalue weighted by atomic mass is 10.1. The smallest absolute Gasteiger partial charge is 0.130 e. The zero-order valence-corrected chi connectivity index (χ0v) is 16.6. The first-order valence-electron chi connectivity index (χ1n) is 9.51. The highest BCUT2D eigenvalue weighted by Crippen LogP contribution is 2.35. The molecule has 4 rings (SSSR count). The summed E-state index contributed by atoms with van der Waals surface area (Å²) in [5.41, 5.74) is 4.73. The van der Waals surface area contributed by atoms with Gasteiger partial charge in [0.15, 0.2) is 0 Å². The highest BCUT2D eigenvalue weighted by Gasteiger charge is 2.27. The molecular formula is C22H28N2O3. The SMILES string of the molecule is CN(C)c1ccc(Oc2ccc(N(C)C)cc2CC2CO2)c(CC2CO2)c1. The summed E-state index contributed by atoms with van der Waals surface area (Å²) in [6.07, 6.45) is 2.40. The molecule has 0 aromatic heterocycles. The predicted molar refractivity (Wildman–Crippen MR) is 109 cm³/mol. The Bertz CT molecular complexity index is 744. The zero-order valence-electron chi connectivity index (χ0n) is 16.6. The van der Waals surface area contributed by atoms with E-state index >= 15 is 0 Å². The van der Waals surface area contributed by atoms with Gasteiger partial charge in [0, 0.05) is 52.4 Å². The van der Waals surface area contributed by atoms with E-state index in [9.17, 15) is 0 Å². The Kier molecular flexibility index (Phi) is 4.98. The molecule has 2 aromatic rings. The van der Waals surface area contributed by atoms with Crippen molar-refractivity contribution in [3.63, 3.8) is 0 Å². The van der Waals surface area contributed by atoms with Gasteiger partial charge < -0.3 is 24.0 Å². The summed E-state index contributed by atoms with van der Waals surface area (Å²) in [5.74, 6) is 1.82. The zero-order chi connectivity index (χ0) is 19.0. The van der Waals surface area contributed by atoms with Gasteiger partial charge in [0.25, 0.3) is 0 Å². The second-order valence-electron chi connectivity index (χ2n) is 7.79. The molecule has 0 radical (unpaired) electrons. The van der Waals surface area contributed by atoms with Gasteiger partial charge in [0.05, 0.1) is 25.4 Å². The molecule has 144 valence electrons. The van der Waals surface area contributed by atoms with Crippen molar-refractivity contribution in [2.45, 2.75) is 25.0 Å². The van der Waals surface area contributed by atoms with E-state index in [0.29, 0.717) is 12.2 Å². The first-order chi connectivity index (χ1) is 13.0. The van der Waals surface area contributed by atoms with Crippen LogP contribution >= 0.6 is 0 Å². The van der Waals surface area contributed by atoms with Gasteiger partial charge in [-0.15, -0.1) is 0 Å². The van der Waals surface area contributed by atoms with E-state index in [0.717, 1.165) is 37.6 Å². The fourth-order valence-electron chi connectivity index (χ4n) is 3.19. The van der Waals surface area contributed by atoms with Crippen LogP contribution < -0.4 is 14.5 Å². The maximum Gasteiger partial charge on any atom is 0.130 e. The lowest BCUT2D eigenvalue weighted by molar-refractivity contribution is 0.398. The maximum absolute atomic E-state index is 6.42. The monoisotopic (exact) mass is 368 g/mol. The first kappa shape index (κ1) is 18.1. The van der Waals surface area contributed by atoms with Gasteiger partial charge in [0.2, 0.25) is 0 Å². The van der Waals surface area contributed by atoms with Crippen LogP contribution in [0.3, 0.4) is 0 Å². The molecule has 2 fully saturated rings. The van der Waals surface area contributed by atoms with Crippen molar-refractivity contribution in [2.75, 3.05) is 51.2 Å². The largest absolute Gasteiger partial charge is 0.457 e. The fourth-order valence-corrected chi connectivity index (χ4v) is 3.19. The average Bonchev–Trinajstić information content (AvgIpc) is 3.54. The van der Waals surface area contributed by atoms with E-state index in [1.807, 2.05) is 0 Å². The van der Waals surface area contributed by atoms with Crippen LogP contribution in [0.15, 0.2) is 36.4 Å². The van der Waals surface area contributed by atoms with Gasteiger partial charge in [-0.2, -0.15) is 0 Å². The molecule has 0 saturated carbocycles. The second-order valence-corrected chi connectivity index (χ2v) is 7.79. The van der Waals surface area contributed by atoms with E-state index in [1.165, 1.54) is 22.5 Å². The van der Waals surface area contributed by atoms with Crippen molar-refractivity contribution in [2.24, 2.45) is 0 Å². The molecule has 27 heavy (non-hydrogen) atoms. The van der Waals surface area contributed by atoms with Crippen LogP contribution in [0.1, 0.15) is 11.1 Å². The van der Waals surface area contributed by atoms with Gasteiger partial charge >= 0.3 is 0 Å². The van der Waals surface area contributed by atoms with Crippen molar-refractivity contribution in [3.8, 4) is 11.5 Å². The molecule has 2 aliphatic rings. The van der Waals surface area contributed by atoms with Crippen LogP contribution in [0.4, 0.5) is 11.4 Å². The first-order valence-corrected chi connectivity index (χ1v) is 9.51. The minimum Gasteiger partial charge on any atom is -0.457 e. The summed E-state index contributed by atoms with van der Waals surface area (Å²) in [5, 5.41) is 0. The summed E-state index contributed by atoms with van der Waals surface area (Å²) in [6.45, 7) is 1.68. The highest BCUT2D eigenvalue weighted by molar-refractivity contribution is 5.56. The Morgan fingerprint density at radius 2 is 1.19 bits per heavy atom. The predicted octanol–water partition coefficient (Wildman–Crippen LogP) is 3.49. The number of hydrogen-bond donors (Lipinski definition) is 0. The standard InChI is InChI=1S/C22H28N2O3/c1-23(2)17-5-7-21(15(9-17)11-19-13-25-19)27-22-8-6-18(24(3)4)10-16(22)12-20-14-26-20/h5-10,19-20H,11-14H2,1-4H3. The summed E-state index contributed by atoms with van der Waals surface area (Å²) in [7, 11) is 8.23. The number of anilines is 2. The van der Waals surface area contributed by atoms with E-state index in [1.54, 1.807) is 0 Å². The Labute approximate surface area is 161 Å². The summed E-state index contributed by atoms with van der Waals surface area (Å²) >= 11 is 0. The van der Waals surface area contributed by atoms with Crippen LogP contribution in [-0.2, 0) is 22.3 Å². The molecule has 5 heteroatoms. The van der Waals surface area contributed by atoms with E-state index < -0.39 is 0 Å². The Morgan fingerprint density at radius 3 is 1.52 bits per heavy atom. The molecular weight excluding hydrogens is 340 g/mol. The minimum absolute atomic E-state index is 0.320. The molecule has 0 bridgehead atoms. The molecule has 2 aromatic carbocycles. The van der Waals surface area contributed by atoms with Gasteiger partial charge in [-0.3, -0.25) is 0 Å². The van der Waals surface area contributed by atoms with Crippen molar-refractivity contribution in [1.29, 1.82) is 0 Å². The fraction of sp³-hybridized carbons (Fsp3) is 0.455. The van der Waals surface area contributed by atoms with Crippen LogP contribution in [0.25, 0.3) is 0 Å². The molecule has 0 amide bonds. The van der Waals surface area contributed by atoms with Gasteiger partial charge in [0.1, 0.15) is 11.5 Å². The quantitative estimate of drug-likeness (QED) is 0.667. The molecule has 2 heterocycles. The third-order valence-corrected chi connectivity index (χ3v) is 5.04. The number of rotatable bonds is 8. The number of ether oxygens (including phenoxy) is 3. The Balaban J connectivity index is 1.64. The summed E-state index contributed by atoms with van der Waals surface area (Å²) < 4.78 is 17.3. The van der Waals surface area contributed by atoms with Crippen LogP contribution in [0.2, 0.25) is 0 Å². The van der Waals surface area contributed by atoms with Crippen molar-refractivity contribution in [1.82, 2.24) is 0 Å². The molecule has 0 aliphatic carbocycles. The number of epoxide rings is 2. The lowest BCUT2D eigenvalue weighted by Crippen LogP contribution is -2.10. The highest BCUT2D eigenvalue weighted by atomic mass is 16.6. The van der Waals surface area contributed by atoms with Crippen LogP contribution in [-0.4, -0.2) is 53.6 Å². The number of nitrogens with zero attached hydrogens (tertiary/aromatic N) is 2. The van der Waals surface area contributed by atoms with Crippen molar-refractivity contribution in [3.05, 3.63) is 47.5 Å². The molecule has 2 aliphatic heterocycles. The Morgan fingerprint density at radius 1 is 0.778 bits per heavy atom. The molecule has 0 spiro atoms. The summed E-state index contributed by atoms with van der Waals surface area (Å²) in [4.78, 5) is 4.23. The van der Waals surface area contributed by atoms with Gasteiger partial charge in [-0.05, 0) is 47.5 Å². The van der Waals surface area contributed by atoms with Crippen molar-refractivity contribution < 1.29 is 14.2 Å².